The second kappa shape index (κ2) is 8.45. The van der Waals surface area contributed by atoms with Crippen LogP contribution in [0.2, 0.25) is 0 Å². The van der Waals surface area contributed by atoms with Gasteiger partial charge in [-0.15, -0.1) is 0 Å². The number of nitrogens with two attached hydrogens (primary N) is 1. The minimum atomic E-state index is -0.175. The predicted molar refractivity (Wildman–Crippen MR) is 99.2 cm³/mol. The molecule has 2 aromatic rings. The molecule has 1 atom stereocenters. The fourth-order valence-corrected chi connectivity index (χ4v) is 3.83. The number of rotatable bonds is 6. The van der Waals surface area contributed by atoms with E-state index in [1.807, 2.05) is 24.3 Å². The second-order valence-corrected chi connectivity index (χ2v) is 6.86. The number of benzene rings is 2. The van der Waals surface area contributed by atoms with E-state index >= 15 is 0 Å². The zero-order chi connectivity index (χ0) is 17.6. The Morgan fingerprint density at radius 1 is 1.16 bits per heavy atom. The van der Waals surface area contributed by atoms with E-state index in [9.17, 15) is 4.39 Å². The summed E-state index contributed by atoms with van der Waals surface area (Å²) < 4.78 is 18.4. The van der Waals surface area contributed by atoms with Crippen molar-refractivity contribution in [3.63, 3.8) is 0 Å². The first kappa shape index (κ1) is 17.9. The van der Waals surface area contributed by atoms with Gasteiger partial charge in [0, 0.05) is 6.54 Å². The van der Waals surface area contributed by atoms with Crippen molar-refractivity contribution < 1.29 is 9.13 Å². The predicted octanol–water partition coefficient (Wildman–Crippen LogP) is 3.79. The lowest BCUT2D eigenvalue weighted by Crippen LogP contribution is -2.36. The van der Waals surface area contributed by atoms with Crippen LogP contribution in [0.15, 0.2) is 48.5 Å². The van der Waals surface area contributed by atoms with Crippen LogP contribution in [0.3, 0.4) is 0 Å². The van der Waals surface area contributed by atoms with E-state index in [-0.39, 0.29) is 5.82 Å². The van der Waals surface area contributed by atoms with Gasteiger partial charge in [0.1, 0.15) is 11.6 Å². The molecule has 3 nitrogen and oxygen atoms in total. The van der Waals surface area contributed by atoms with Crippen LogP contribution in [0, 0.1) is 11.7 Å². The smallest absolute Gasteiger partial charge is 0.123 e. The van der Waals surface area contributed by atoms with Crippen LogP contribution in [0.5, 0.6) is 5.75 Å². The molecule has 1 aliphatic heterocycles. The van der Waals surface area contributed by atoms with Crippen molar-refractivity contribution in [1.29, 1.82) is 0 Å². The van der Waals surface area contributed by atoms with Gasteiger partial charge in [0.25, 0.3) is 0 Å². The Hall–Kier alpha value is -1.91. The van der Waals surface area contributed by atoms with Crippen molar-refractivity contribution in [2.75, 3.05) is 26.7 Å². The Morgan fingerprint density at radius 2 is 1.88 bits per heavy atom. The van der Waals surface area contributed by atoms with Gasteiger partial charge >= 0.3 is 0 Å². The summed E-state index contributed by atoms with van der Waals surface area (Å²) in [6, 6.07) is 15.1. The maximum Gasteiger partial charge on any atom is 0.123 e. The molecule has 134 valence electrons. The van der Waals surface area contributed by atoms with Gasteiger partial charge < -0.3 is 10.5 Å². The summed E-state index contributed by atoms with van der Waals surface area (Å²) in [5, 5.41) is 0. The van der Waals surface area contributed by atoms with Gasteiger partial charge in [0.05, 0.1) is 7.11 Å². The highest BCUT2D eigenvalue weighted by Crippen LogP contribution is 2.33. The third-order valence-electron chi connectivity index (χ3n) is 5.30. The van der Waals surface area contributed by atoms with Crippen LogP contribution < -0.4 is 10.5 Å². The van der Waals surface area contributed by atoms with Crippen LogP contribution in [-0.2, 0) is 6.54 Å². The number of ether oxygens (including phenoxy) is 1. The highest BCUT2D eigenvalue weighted by Gasteiger charge is 2.27. The summed E-state index contributed by atoms with van der Waals surface area (Å²) in [6.07, 6.45) is 2.28. The SMILES string of the molecule is COc1cccc(C(CN)C2CCN(Cc3ccc(F)cc3)CC2)c1. The quantitative estimate of drug-likeness (QED) is 0.868. The number of likely N-dealkylation sites (tertiary alicyclic amines) is 1. The number of hydrogen-bond acceptors (Lipinski definition) is 3. The lowest BCUT2D eigenvalue weighted by molar-refractivity contribution is 0.162. The second-order valence-electron chi connectivity index (χ2n) is 6.86. The molecule has 0 amide bonds. The summed E-state index contributed by atoms with van der Waals surface area (Å²) >= 11 is 0. The monoisotopic (exact) mass is 342 g/mol. The minimum absolute atomic E-state index is 0.175. The van der Waals surface area contributed by atoms with E-state index in [0.717, 1.165) is 38.2 Å². The molecule has 1 heterocycles. The third-order valence-corrected chi connectivity index (χ3v) is 5.30. The van der Waals surface area contributed by atoms with E-state index < -0.39 is 0 Å². The van der Waals surface area contributed by atoms with Gasteiger partial charge in [0.2, 0.25) is 0 Å². The summed E-state index contributed by atoms with van der Waals surface area (Å²) in [5.41, 5.74) is 8.56. The fourth-order valence-electron chi connectivity index (χ4n) is 3.83. The Bertz CT molecular complexity index is 666. The number of methoxy groups -OCH3 is 1. The van der Waals surface area contributed by atoms with Gasteiger partial charge in [-0.2, -0.15) is 0 Å². The molecule has 0 radical (unpaired) electrons. The molecule has 2 N–H and O–H groups in total. The van der Waals surface area contributed by atoms with Crippen molar-refractivity contribution in [3.05, 3.63) is 65.5 Å². The van der Waals surface area contributed by atoms with Crippen molar-refractivity contribution in [1.82, 2.24) is 4.90 Å². The Labute approximate surface area is 149 Å². The third kappa shape index (κ3) is 4.59. The van der Waals surface area contributed by atoms with Crippen LogP contribution in [0.1, 0.15) is 29.9 Å². The molecule has 3 rings (SSSR count). The number of halogens is 1. The first-order valence-corrected chi connectivity index (χ1v) is 9.00. The van der Waals surface area contributed by atoms with Gasteiger partial charge in [-0.25, -0.2) is 4.39 Å². The zero-order valence-electron chi connectivity index (χ0n) is 14.8. The molecule has 0 aromatic heterocycles. The highest BCUT2D eigenvalue weighted by atomic mass is 19.1. The van der Waals surface area contributed by atoms with E-state index in [1.165, 1.54) is 23.3 Å². The first-order chi connectivity index (χ1) is 12.2. The van der Waals surface area contributed by atoms with Crippen LogP contribution in [-0.4, -0.2) is 31.6 Å². The maximum atomic E-state index is 13.0. The minimum Gasteiger partial charge on any atom is -0.497 e. The topological polar surface area (TPSA) is 38.5 Å². The molecular formula is C21H27FN2O. The van der Waals surface area contributed by atoms with Crippen molar-refractivity contribution >= 4 is 0 Å². The summed E-state index contributed by atoms with van der Waals surface area (Å²) in [6.45, 7) is 3.67. The zero-order valence-corrected chi connectivity index (χ0v) is 14.8. The van der Waals surface area contributed by atoms with Crippen molar-refractivity contribution in [3.8, 4) is 5.75 Å². The molecular weight excluding hydrogens is 315 g/mol. The van der Waals surface area contributed by atoms with Gasteiger partial charge in [0.15, 0.2) is 0 Å². The van der Waals surface area contributed by atoms with Crippen LogP contribution >= 0.6 is 0 Å². The molecule has 0 bridgehead atoms. The molecule has 2 aromatic carbocycles. The van der Waals surface area contributed by atoms with Crippen LogP contribution in [0.4, 0.5) is 4.39 Å². The largest absolute Gasteiger partial charge is 0.497 e. The fraction of sp³-hybridized carbons (Fsp3) is 0.429. The number of hydrogen-bond donors (Lipinski definition) is 1. The molecule has 0 aliphatic carbocycles. The lowest BCUT2D eigenvalue weighted by Gasteiger charge is -2.36. The average molecular weight is 342 g/mol. The average Bonchev–Trinajstić information content (AvgIpc) is 2.66. The van der Waals surface area contributed by atoms with Crippen molar-refractivity contribution in [2.24, 2.45) is 11.7 Å². The molecule has 0 spiro atoms. The van der Waals surface area contributed by atoms with E-state index in [1.54, 1.807) is 7.11 Å². The van der Waals surface area contributed by atoms with Gasteiger partial charge in [-0.05, 0) is 79.7 Å². The molecule has 1 saturated heterocycles. The van der Waals surface area contributed by atoms with E-state index in [4.69, 9.17) is 10.5 Å². The Kier molecular flexibility index (Phi) is 6.05. The first-order valence-electron chi connectivity index (χ1n) is 9.00. The highest BCUT2D eigenvalue weighted by molar-refractivity contribution is 5.31. The summed E-state index contributed by atoms with van der Waals surface area (Å²) in [7, 11) is 1.70. The number of piperidine rings is 1. The van der Waals surface area contributed by atoms with Crippen LogP contribution in [0.25, 0.3) is 0 Å². The van der Waals surface area contributed by atoms with E-state index in [0.29, 0.717) is 18.4 Å². The molecule has 4 heteroatoms. The lowest BCUT2D eigenvalue weighted by atomic mass is 9.80. The summed E-state index contributed by atoms with van der Waals surface area (Å²) in [5.74, 6) is 1.70. The number of nitrogens with zero attached hydrogens (tertiary/aromatic N) is 1. The molecule has 0 saturated carbocycles. The molecule has 25 heavy (non-hydrogen) atoms. The maximum absolute atomic E-state index is 13.0. The molecule has 1 unspecified atom stereocenters. The standard InChI is InChI=1S/C21H27FN2O/c1-25-20-4-2-3-18(13-20)21(14-23)17-9-11-24(12-10-17)15-16-5-7-19(22)8-6-16/h2-8,13,17,21H,9-12,14-15,23H2,1H3. The molecule has 1 fully saturated rings. The normalized spacial score (nSPS) is 17.4. The summed E-state index contributed by atoms with van der Waals surface area (Å²) in [4.78, 5) is 2.45. The van der Waals surface area contributed by atoms with Gasteiger partial charge in [-0.3, -0.25) is 4.90 Å². The Morgan fingerprint density at radius 3 is 2.52 bits per heavy atom. The van der Waals surface area contributed by atoms with E-state index in [2.05, 4.69) is 17.0 Å². The van der Waals surface area contributed by atoms with Crippen molar-refractivity contribution in [2.45, 2.75) is 25.3 Å². The van der Waals surface area contributed by atoms with Gasteiger partial charge in [-0.1, -0.05) is 24.3 Å². The Balaban J connectivity index is 1.59. The molecule has 1 aliphatic rings.